The van der Waals surface area contributed by atoms with Crippen molar-refractivity contribution in [2.24, 2.45) is 0 Å². The Morgan fingerprint density at radius 2 is 1.83 bits per heavy atom. The van der Waals surface area contributed by atoms with Gasteiger partial charge < -0.3 is 19.2 Å². The van der Waals surface area contributed by atoms with Crippen LogP contribution in [0.1, 0.15) is 5.56 Å². The average Bonchev–Trinajstić information content (AvgIpc) is 3.10. The predicted octanol–water partition coefficient (Wildman–Crippen LogP) is 4.27. The minimum absolute atomic E-state index is 0.0932. The third kappa shape index (κ3) is 4.02. The van der Waals surface area contributed by atoms with Gasteiger partial charge in [0, 0.05) is 19.0 Å². The number of nitrogens with zero attached hydrogens (tertiary/aromatic N) is 3. The highest BCUT2D eigenvalue weighted by Gasteiger charge is 2.30. The molecule has 1 unspecified atom stereocenters. The molecule has 0 saturated heterocycles. The van der Waals surface area contributed by atoms with Crippen molar-refractivity contribution in [1.82, 2.24) is 9.97 Å². The number of aromatic nitrogens is 2. The molecule has 2 aromatic carbocycles. The Hall–Kier alpha value is -3.33. The number of para-hydroxylation sites is 1. The van der Waals surface area contributed by atoms with Gasteiger partial charge in [0.2, 0.25) is 0 Å². The van der Waals surface area contributed by atoms with Crippen LogP contribution < -0.4 is 9.64 Å². The fourth-order valence-electron chi connectivity index (χ4n) is 3.17. The highest BCUT2D eigenvalue weighted by atomic mass is 19.4. The normalized spacial score (nSPS) is 13.0. The monoisotopic (exact) mass is 417 g/mol. The molecule has 2 aromatic heterocycles. The maximum atomic E-state index is 12.6. The SMILES string of the molecule is CN(CC(O)COc1ccc(C(F)(F)F)cc1)c1ncnc2c1oc1ccccc12. The Kier molecular flexibility index (Phi) is 5.21. The van der Waals surface area contributed by atoms with Crippen molar-refractivity contribution in [2.45, 2.75) is 12.3 Å². The van der Waals surface area contributed by atoms with Crippen molar-refractivity contribution in [1.29, 1.82) is 0 Å². The molecule has 4 aromatic rings. The number of fused-ring (bicyclic) bond motifs is 3. The van der Waals surface area contributed by atoms with Crippen LogP contribution in [0.3, 0.4) is 0 Å². The molecule has 0 saturated carbocycles. The smallest absolute Gasteiger partial charge is 0.416 e. The summed E-state index contributed by atoms with van der Waals surface area (Å²) in [5, 5.41) is 11.2. The van der Waals surface area contributed by atoms with Gasteiger partial charge in [-0.25, -0.2) is 9.97 Å². The maximum Gasteiger partial charge on any atom is 0.416 e. The van der Waals surface area contributed by atoms with Gasteiger partial charge in [-0.05, 0) is 36.4 Å². The number of halogens is 3. The van der Waals surface area contributed by atoms with Crippen LogP contribution in [0, 0.1) is 0 Å². The average molecular weight is 417 g/mol. The third-order valence-corrected chi connectivity index (χ3v) is 4.61. The van der Waals surface area contributed by atoms with Crippen LogP contribution >= 0.6 is 0 Å². The molecule has 0 fully saturated rings. The lowest BCUT2D eigenvalue weighted by Gasteiger charge is -2.21. The van der Waals surface area contributed by atoms with Crippen molar-refractivity contribution < 1.29 is 27.4 Å². The largest absolute Gasteiger partial charge is 0.491 e. The zero-order chi connectivity index (χ0) is 21.3. The summed E-state index contributed by atoms with van der Waals surface area (Å²) in [6, 6.07) is 11.8. The molecular weight excluding hydrogens is 399 g/mol. The fourth-order valence-corrected chi connectivity index (χ4v) is 3.17. The molecule has 0 radical (unpaired) electrons. The molecule has 0 aliphatic heterocycles. The first kappa shape index (κ1) is 20.0. The molecule has 4 rings (SSSR count). The molecule has 0 bridgehead atoms. The van der Waals surface area contributed by atoms with Gasteiger partial charge >= 0.3 is 6.18 Å². The van der Waals surface area contributed by atoms with E-state index in [9.17, 15) is 18.3 Å². The van der Waals surface area contributed by atoms with Crippen LogP contribution in [0.5, 0.6) is 5.75 Å². The number of furan rings is 1. The van der Waals surface area contributed by atoms with Gasteiger partial charge in [-0.15, -0.1) is 0 Å². The molecule has 0 aliphatic carbocycles. The van der Waals surface area contributed by atoms with Crippen molar-refractivity contribution in [2.75, 3.05) is 25.1 Å². The van der Waals surface area contributed by atoms with Gasteiger partial charge in [-0.3, -0.25) is 0 Å². The number of aliphatic hydroxyl groups is 1. The first-order valence-electron chi connectivity index (χ1n) is 9.14. The Balaban J connectivity index is 1.43. The van der Waals surface area contributed by atoms with E-state index < -0.39 is 17.8 Å². The van der Waals surface area contributed by atoms with E-state index in [1.165, 1.54) is 18.5 Å². The highest BCUT2D eigenvalue weighted by molar-refractivity contribution is 6.05. The van der Waals surface area contributed by atoms with Crippen molar-refractivity contribution in [3.63, 3.8) is 0 Å². The fraction of sp³-hybridized carbons (Fsp3) is 0.238. The number of benzene rings is 2. The van der Waals surface area contributed by atoms with Crippen LogP contribution in [-0.4, -0.2) is 41.4 Å². The summed E-state index contributed by atoms with van der Waals surface area (Å²) >= 11 is 0. The Morgan fingerprint density at radius 1 is 1.10 bits per heavy atom. The standard InChI is InChI=1S/C21H18F3N3O3/c1-27(10-14(28)11-29-15-8-6-13(7-9-15)21(22,23)24)20-19-18(25-12-26-20)16-4-2-3-5-17(16)30-19/h2-9,12,14,28H,10-11H2,1H3. The van der Waals surface area contributed by atoms with Gasteiger partial charge in [-0.1, -0.05) is 12.1 Å². The summed E-state index contributed by atoms with van der Waals surface area (Å²) in [4.78, 5) is 10.3. The van der Waals surface area contributed by atoms with E-state index in [2.05, 4.69) is 9.97 Å². The third-order valence-electron chi connectivity index (χ3n) is 4.61. The summed E-state index contributed by atoms with van der Waals surface area (Å²) in [7, 11) is 1.75. The Bertz CT molecular complexity index is 1160. The molecule has 9 heteroatoms. The minimum atomic E-state index is -4.40. The van der Waals surface area contributed by atoms with Gasteiger partial charge in [0.15, 0.2) is 11.4 Å². The van der Waals surface area contributed by atoms with E-state index in [1.54, 1.807) is 11.9 Å². The zero-order valence-electron chi connectivity index (χ0n) is 15.9. The molecule has 30 heavy (non-hydrogen) atoms. The second-order valence-electron chi connectivity index (χ2n) is 6.84. The lowest BCUT2D eigenvalue weighted by molar-refractivity contribution is -0.137. The number of likely N-dealkylation sites (N-methyl/N-ethyl adjacent to an activating group) is 1. The van der Waals surface area contributed by atoms with Crippen LogP contribution in [-0.2, 0) is 6.18 Å². The minimum Gasteiger partial charge on any atom is -0.491 e. The number of anilines is 1. The molecule has 0 amide bonds. The summed E-state index contributed by atoms with van der Waals surface area (Å²) in [5.41, 5.74) is 1.12. The molecule has 1 atom stereocenters. The molecule has 156 valence electrons. The number of rotatable bonds is 6. The summed E-state index contributed by atoms with van der Waals surface area (Å²) in [6.07, 6.45) is -3.88. The van der Waals surface area contributed by atoms with E-state index >= 15 is 0 Å². The van der Waals surface area contributed by atoms with Crippen LogP contribution in [0.2, 0.25) is 0 Å². The van der Waals surface area contributed by atoms with Crippen LogP contribution in [0.4, 0.5) is 19.0 Å². The number of aliphatic hydroxyl groups excluding tert-OH is 1. The first-order valence-corrected chi connectivity index (χ1v) is 9.14. The van der Waals surface area contributed by atoms with Gasteiger partial charge in [0.1, 0.15) is 35.9 Å². The second kappa shape index (κ2) is 7.83. The van der Waals surface area contributed by atoms with E-state index in [4.69, 9.17) is 9.15 Å². The van der Waals surface area contributed by atoms with E-state index in [-0.39, 0.29) is 18.9 Å². The number of hydrogen-bond donors (Lipinski definition) is 1. The summed E-state index contributed by atoms with van der Waals surface area (Å²) in [6.45, 7) is 0.0772. The van der Waals surface area contributed by atoms with E-state index in [1.807, 2.05) is 24.3 Å². The number of ether oxygens (including phenoxy) is 1. The number of alkyl halides is 3. The predicted molar refractivity (Wildman–Crippen MR) is 106 cm³/mol. The number of hydrogen-bond acceptors (Lipinski definition) is 6. The molecule has 1 N–H and O–H groups in total. The maximum absolute atomic E-state index is 12.6. The lowest BCUT2D eigenvalue weighted by Crippen LogP contribution is -2.33. The van der Waals surface area contributed by atoms with E-state index in [0.717, 1.165) is 17.5 Å². The van der Waals surface area contributed by atoms with Crippen LogP contribution in [0.15, 0.2) is 59.3 Å². The molecule has 6 nitrogen and oxygen atoms in total. The topological polar surface area (TPSA) is 71.6 Å². The van der Waals surface area contributed by atoms with Crippen LogP contribution in [0.25, 0.3) is 22.1 Å². The molecular formula is C21H18F3N3O3. The van der Waals surface area contributed by atoms with Crippen molar-refractivity contribution in [3.05, 3.63) is 60.4 Å². The summed E-state index contributed by atoms with van der Waals surface area (Å²) in [5.74, 6) is 0.760. The van der Waals surface area contributed by atoms with Crippen molar-refractivity contribution >= 4 is 27.9 Å². The Morgan fingerprint density at radius 3 is 2.57 bits per heavy atom. The van der Waals surface area contributed by atoms with Gasteiger partial charge in [0.25, 0.3) is 0 Å². The van der Waals surface area contributed by atoms with Gasteiger partial charge in [-0.2, -0.15) is 13.2 Å². The van der Waals surface area contributed by atoms with Crippen molar-refractivity contribution in [3.8, 4) is 5.75 Å². The Labute approximate surface area is 169 Å². The molecule has 0 spiro atoms. The molecule has 2 heterocycles. The second-order valence-corrected chi connectivity index (χ2v) is 6.84. The summed E-state index contributed by atoms with van der Waals surface area (Å²) < 4.78 is 49.1. The molecule has 0 aliphatic rings. The quantitative estimate of drug-likeness (QED) is 0.505. The van der Waals surface area contributed by atoms with E-state index in [0.29, 0.717) is 22.5 Å². The highest BCUT2D eigenvalue weighted by Crippen LogP contribution is 2.32. The zero-order valence-corrected chi connectivity index (χ0v) is 15.9. The van der Waals surface area contributed by atoms with Gasteiger partial charge in [0.05, 0.1) is 5.56 Å². The first-order chi connectivity index (χ1) is 14.3. The lowest BCUT2D eigenvalue weighted by atomic mass is 10.2.